The van der Waals surface area contributed by atoms with Gasteiger partial charge in [-0.15, -0.1) is 11.3 Å². The van der Waals surface area contributed by atoms with Crippen LogP contribution in [0.5, 0.6) is 0 Å². The summed E-state index contributed by atoms with van der Waals surface area (Å²) < 4.78 is 0. The number of nitrogens with one attached hydrogen (secondary N) is 1. The SMILES string of the molecule is Cc1cc(C)nc(Sc2ccc(C=Nc3sc4c(c3C(=O)Nc3ccccc3)CC[C@@H](C(C)(C)C)C4)cc2[N+](=O)[O-])n1. The molecule has 0 saturated heterocycles. The Bertz CT molecular complexity index is 1660. The van der Waals surface area contributed by atoms with Crippen molar-refractivity contribution in [3.05, 3.63) is 97.7 Å². The first-order valence-corrected chi connectivity index (χ1v) is 15.4. The van der Waals surface area contributed by atoms with Crippen LogP contribution in [0.25, 0.3) is 0 Å². The van der Waals surface area contributed by atoms with Gasteiger partial charge in [0.25, 0.3) is 11.6 Å². The lowest BCUT2D eigenvalue weighted by Crippen LogP contribution is -2.27. The van der Waals surface area contributed by atoms with Gasteiger partial charge in [-0.1, -0.05) is 45.0 Å². The molecule has 1 atom stereocenters. The first kappa shape index (κ1) is 29.6. The summed E-state index contributed by atoms with van der Waals surface area (Å²) in [6.07, 6.45) is 4.34. The maximum atomic E-state index is 13.6. The molecule has 1 aliphatic carbocycles. The number of hydrogen-bond acceptors (Lipinski definition) is 8. The van der Waals surface area contributed by atoms with Crippen molar-refractivity contribution >= 4 is 51.6 Å². The minimum absolute atomic E-state index is 0.0488. The van der Waals surface area contributed by atoms with Crippen LogP contribution in [0.1, 0.15) is 64.9 Å². The van der Waals surface area contributed by atoms with Gasteiger partial charge < -0.3 is 5.32 Å². The predicted octanol–water partition coefficient (Wildman–Crippen LogP) is 8.37. The van der Waals surface area contributed by atoms with Gasteiger partial charge in [0.05, 0.1) is 15.4 Å². The topological polar surface area (TPSA) is 110 Å². The number of carbonyl (C=O) groups excluding carboxylic acids is 1. The molecule has 1 aliphatic rings. The van der Waals surface area contributed by atoms with Gasteiger partial charge in [-0.3, -0.25) is 14.9 Å². The molecule has 2 heterocycles. The number of nitrogens with zero attached hydrogens (tertiary/aromatic N) is 4. The third kappa shape index (κ3) is 6.77. The number of aromatic nitrogens is 2. The van der Waals surface area contributed by atoms with Crippen molar-refractivity contribution in [2.45, 2.75) is 63.9 Å². The molecule has 5 rings (SSSR count). The number of carbonyl (C=O) groups is 1. The molecule has 42 heavy (non-hydrogen) atoms. The summed E-state index contributed by atoms with van der Waals surface area (Å²) in [5.74, 6) is 0.325. The number of hydrogen-bond donors (Lipinski definition) is 1. The van der Waals surface area contributed by atoms with Crippen LogP contribution < -0.4 is 5.32 Å². The zero-order valence-electron chi connectivity index (χ0n) is 24.3. The molecule has 0 aliphatic heterocycles. The first-order chi connectivity index (χ1) is 20.0. The fraction of sp³-hybridized carbons (Fsp3) is 0.312. The zero-order chi connectivity index (χ0) is 30.0. The summed E-state index contributed by atoms with van der Waals surface area (Å²) in [6, 6.07) is 16.2. The number of anilines is 1. The molecule has 0 fully saturated rings. The van der Waals surface area contributed by atoms with Crippen molar-refractivity contribution in [1.29, 1.82) is 0 Å². The van der Waals surface area contributed by atoms with E-state index in [-0.39, 0.29) is 17.0 Å². The Labute approximate surface area is 253 Å². The Balaban J connectivity index is 1.48. The molecule has 2 aromatic heterocycles. The van der Waals surface area contributed by atoms with Crippen molar-refractivity contribution < 1.29 is 9.72 Å². The minimum Gasteiger partial charge on any atom is -0.322 e. The van der Waals surface area contributed by atoms with E-state index in [0.29, 0.717) is 32.1 Å². The second-order valence-corrected chi connectivity index (χ2v) is 13.7. The minimum atomic E-state index is -0.405. The Hall–Kier alpha value is -3.89. The molecular weight excluding hydrogens is 567 g/mol. The predicted molar refractivity (Wildman–Crippen MR) is 170 cm³/mol. The van der Waals surface area contributed by atoms with Gasteiger partial charge in [0.1, 0.15) is 5.00 Å². The van der Waals surface area contributed by atoms with E-state index in [1.165, 1.54) is 10.9 Å². The first-order valence-electron chi connectivity index (χ1n) is 13.8. The van der Waals surface area contributed by atoms with Gasteiger partial charge in [-0.05, 0) is 91.6 Å². The highest BCUT2D eigenvalue weighted by Crippen LogP contribution is 2.45. The summed E-state index contributed by atoms with van der Waals surface area (Å²) in [6.45, 7) is 10.5. The fourth-order valence-corrected chi connectivity index (χ4v) is 7.38. The van der Waals surface area contributed by atoms with Crippen LogP contribution in [-0.2, 0) is 12.8 Å². The van der Waals surface area contributed by atoms with Crippen LogP contribution in [0.4, 0.5) is 16.4 Å². The normalized spacial score (nSPS) is 15.0. The maximum absolute atomic E-state index is 13.6. The van der Waals surface area contributed by atoms with Crippen LogP contribution >= 0.6 is 23.1 Å². The lowest BCUT2D eigenvalue weighted by atomic mass is 9.72. The molecule has 0 saturated carbocycles. The summed E-state index contributed by atoms with van der Waals surface area (Å²) >= 11 is 2.71. The molecule has 0 bridgehead atoms. The largest absolute Gasteiger partial charge is 0.322 e. The van der Waals surface area contributed by atoms with Gasteiger partial charge in [0, 0.05) is 34.2 Å². The molecular formula is C32H33N5O3S2. The van der Waals surface area contributed by atoms with Crippen molar-refractivity contribution in [2.75, 3.05) is 5.32 Å². The molecule has 1 N–H and O–H groups in total. The molecule has 4 aromatic rings. The lowest BCUT2D eigenvalue weighted by Gasteiger charge is -2.33. The van der Waals surface area contributed by atoms with Crippen LogP contribution in [0.3, 0.4) is 0 Å². The van der Waals surface area contributed by atoms with E-state index in [2.05, 4.69) is 36.1 Å². The summed E-state index contributed by atoms with van der Waals surface area (Å²) in [5, 5.41) is 16.1. The van der Waals surface area contributed by atoms with E-state index in [1.807, 2.05) is 50.2 Å². The number of aliphatic imine (C=N–C) groups is 1. The van der Waals surface area contributed by atoms with Crippen LogP contribution in [0.2, 0.25) is 0 Å². The Kier molecular flexibility index (Phi) is 8.56. The molecule has 0 radical (unpaired) electrons. The number of para-hydroxylation sites is 1. The van der Waals surface area contributed by atoms with Crippen LogP contribution in [0, 0.1) is 35.3 Å². The van der Waals surface area contributed by atoms with Gasteiger partial charge in [0.15, 0.2) is 5.16 Å². The standard InChI is InChI=1S/C32H33N5O3S2/c1-19-15-20(2)35-31(34-19)42-26-14-11-21(16-25(26)37(39)40)18-33-30-28(29(38)36-23-9-7-6-8-10-23)24-13-12-22(32(3,4)5)17-27(24)41-30/h6-11,14-16,18,22H,12-13,17H2,1-5H3,(H,36,38)/t22-/m1/s1. The lowest BCUT2D eigenvalue weighted by molar-refractivity contribution is -0.387. The van der Waals surface area contributed by atoms with E-state index in [9.17, 15) is 14.9 Å². The number of thiophene rings is 1. The van der Waals surface area contributed by atoms with Gasteiger partial charge in [0.2, 0.25) is 0 Å². The maximum Gasteiger partial charge on any atom is 0.283 e. The number of rotatable bonds is 7. The van der Waals surface area contributed by atoms with E-state index >= 15 is 0 Å². The van der Waals surface area contributed by atoms with Crippen molar-refractivity contribution in [1.82, 2.24) is 9.97 Å². The molecule has 8 nitrogen and oxygen atoms in total. The number of benzene rings is 2. The second kappa shape index (κ2) is 12.1. The summed E-state index contributed by atoms with van der Waals surface area (Å²) in [5.41, 5.74) is 4.67. The number of aryl methyl sites for hydroxylation is 2. The number of nitro groups is 1. The Morgan fingerprint density at radius 3 is 2.50 bits per heavy atom. The quantitative estimate of drug-likeness (QED) is 0.0989. The van der Waals surface area contributed by atoms with Gasteiger partial charge in [-0.25, -0.2) is 15.0 Å². The highest BCUT2D eigenvalue weighted by atomic mass is 32.2. The summed E-state index contributed by atoms with van der Waals surface area (Å²) in [7, 11) is 0. The van der Waals surface area contributed by atoms with E-state index in [4.69, 9.17) is 4.99 Å². The van der Waals surface area contributed by atoms with E-state index in [1.54, 1.807) is 29.7 Å². The average molecular weight is 600 g/mol. The zero-order valence-corrected chi connectivity index (χ0v) is 25.9. The van der Waals surface area contributed by atoms with Crippen molar-refractivity contribution in [2.24, 2.45) is 16.3 Å². The van der Waals surface area contributed by atoms with Crippen LogP contribution in [-0.4, -0.2) is 27.0 Å². The Morgan fingerprint density at radius 1 is 1.12 bits per heavy atom. The average Bonchev–Trinajstić information content (AvgIpc) is 3.30. The highest BCUT2D eigenvalue weighted by molar-refractivity contribution is 7.99. The van der Waals surface area contributed by atoms with Gasteiger partial charge >= 0.3 is 0 Å². The monoisotopic (exact) mass is 599 g/mol. The van der Waals surface area contributed by atoms with E-state index < -0.39 is 4.92 Å². The second-order valence-electron chi connectivity index (χ2n) is 11.6. The number of amides is 1. The van der Waals surface area contributed by atoms with Crippen molar-refractivity contribution in [3.63, 3.8) is 0 Å². The van der Waals surface area contributed by atoms with E-state index in [0.717, 1.165) is 53.7 Å². The third-order valence-corrected chi connectivity index (χ3v) is 9.50. The smallest absolute Gasteiger partial charge is 0.283 e. The number of fused-ring (bicyclic) bond motifs is 1. The van der Waals surface area contributed by atoms with Crippen molar-refractivity contribution in [3.8, 4) is 0 Å². The molecule has 0 unspecified atom stereocenters. The third-order valence-electron chi connectivity index (χ3n) is 7.40. The van der Waals surface area contributed by atoms with Crippen LogP contribution in [0.15, 0.2) is 69.6 Å². The molecule has 2 aromatic carbocycles. The number of nitro benzene ring substituents is 1. The molecule has 0 spiro atoms. The molecule has 1 amide bonds. The summed E-state index contributed by atoms with van der Waals surface area (Å²) in [4.78, 5) is 40.4. The van der Waals surface area contributed by atoms with Gasteiger partial charge in [-0.2, -0.15) is 0 Å². The Morgan fingerprint density at radius 2 is 1.83 bits per heavy atom. The fourth-order valence-electron chi connectivity index (χ4n) is 5.17. The molecule has 216 valence electrons. The highest BCUT2D eigenvalue weighted by Gasteiger charge is 2.33. The molecule has 10 heteroatoms.